The maximum atomic E-state index is 10.6. The molecule has 21 heavy (non-hydrogen) atoms. The van der Waals surface area contributed by atoms with E-state index < -0.39 is 0 Å². The predicted molar refractivity (Wildman–Crippen MR) is 85.5 cm³/mol. The zero-order valence-electron chi connectivity index (χ0n) is 13.0. The molecule has 3 nitrogen and oxygen atoms in total. The molecule has 0 spiro atoms. The minimum absolute atomic E-state index is 0.346. The van der Waals surface area contributed by atoms with Gasteiger partial charge in [-0.25, -0.2) is 0 Å². The average Bonchev–Trinajstić information content (AvgIpc) is 2.45. The van der Waals surface area contributed by atoms with Crippen molar-refractivity contribution < 1.29 is 14.6 Å². The SMILES string of the molecule is C/C(O)=C\CC/C=C/C(C)(C)OCc1ccc(C=O)cc1. The number of benzene rings is 1. The van der Waals surface area contributed by atoms with Gasteiger partial charge in [-0.05, 0) is 45.3 Å². The molecule has 3 heteroatoms. The van der Waals surface area contributed by atoms with E-state index in [0.29, 0.717) is 17.9 Å². The van der Waals surface area contributed by atoms with E-state index in [1.165, 1.54) is 0 Å². The molecule has 0 aromatic heterocycles. The maximum absolute atomic E-state index is 10.6. The van der Waals surface area contributed by atoms with Crippen molar-refractivity contribution in [3.63, 3.8) is 0 Å². The van der Waals surface area contributed by atoms with Crippen molar-refractivity contribution in [2.75, 3.05) is 0 Å². The van der Waals surface area contributed by atoms with E-state index in [-0.39, 0.29) is 5.60 Å². The molecule has 0 radical (unpaired) electrons. The molecule has 0 saturated heterocycles. The Morgan fingerprint density at radius 3 is 2.48 bits per heavy atom. The van der Waals surface area contributed by atoms with E-state index in [1.54, 1.807) is 25.1 Å². The second kappa shape index (κ2) is 8.42. The smallest absolute Gasteiger partial charge is 0.150 e. The Hall–Kier alpha value is -1.87. The number of carbonyl (C=O) groups is 1. The Labute approximate surface area is 127 Å². The van der Waals surface area contributed by atoms with Crippen LogP contribution in [0.2, 0.25) is 0 Å². The molecule has 1 rings (SSSR count). The van der Waals surface area contributed by atoms with E-state index in [9.17, 15) is 4.79 Å². The zero-order valence-corrected chi connectivity index (χ0v) is 13.0. The first kappa shape index (κ1) is 17.2. The van der Waals surface area contributed by atoms with E-state index in [2.05, 4.69) is 6.08 Å². The number of aliphatic hydroxyl groups is 1. The molecule has 1 aromatic carbocycles. The number of unbranched alkanes of at least 4 members (excludes halogenated alkanes) is 1. The van der Waals surface area contributed by atoms with Crippen molar-refractivity contribution >= 4 is 6.29 Å². The predicted octanol–water partition coefficient (Wildman–Crippen LogP) is 4.59. The molecule has 0 aliphatic carbocycles. The van der Waals surface area contributed by atoms with Crippen molar-refractivity contribution in [1.29, 1.82) is 0 Å². The second-order valence-corrected chi connectivity index (χ2v) is 5.58. The summed E-state index contributed by atoms with van der Waals surface area (Å²) >= 11 is 0. The lowest BCUT2D eigenvalue weighted by Gasteiger charge is -2.21. The Bertz CT molecular complexity index is 492. The molecule has 0 fully saturated rings. The molecular formula is C18H24O3. The average molecular weight is 288 g/mol. The summed E-state index contributed by atoms with van der Waals surface area (Å²) in [6.45, 7) is 6.20. The Morgan fingerprint density at radius 2 is 1.90 bits per heavy atom. The molecule has 0 amide bonds. The molecule has 1 aromatic rings. The number of rotatable bonds is 8. The van der Waals surface area contributed by atoms with Gasteiger partial charge < -0.3 is 9.84 Å². The van der Waals surface area contributed by atoms with E-state index in [0.717, 1.165) is 24.7 Å². The van der Waals surface area contributed by atoms with Crippen LogP contribution in [0, 0.1) is 0 Å². The Kier molecular flexibility index (Phi) is 6.89. The molecule has 0 heterocycles. The van der Waals surface area contributed by atoms with E-state index in [4.69, 9.17) is 9.84 Å². The molecule has 1 N–H and O–H groups in total. The third-order valence-corrected chi connectivity index (χ3v) is 3.02. The molecule has 0 aliphatic rings. The van der Waals surface area contributed by atoms with Crippen LogP contribution in [0.15, 0.2) is 48.3 Å². The summed E-state index contributed by atoms with van der Waals surface area (Å²) in [4.78, 5) is 10.6. The second-order valence-electron chi connectivity index (χ2n) is 5.58. The summed E-state index contributed by atoms with van der Waals surface area (Å²) in [6.07, 6.45) is 8.43. The van der Waals surface area contributed by atoms with Crippen LogP contribution in [0.4, 0.5) is 0 Å². The minimum Gasteiger partial charge on any atom is -0.513 e. The van der Waals surface area contributed by atoms with Crippen molar-refractivity contribution in [2.45, 2.75) is 45.8 Å². The lowest BCUT2D eigenvalue weighted by molar-refractivity contribution is 0.00695. The van der Waals surface area contributed by atoms with Crippen molar-refractivity contribution in [2.24, 2.45) is 0 Å². The minimum atomic E-state index is -0.346. The maximum Gasteiger partial charge on any atom is 0.150 e. The van der Waals surface area contributed by atoms with Crippen LogP contribution in [0.1, 0.15) is 49.5 Å². The third-order valence-electron chi connectivity index (χ3n) is 3.02. The van der Waals surface area contributed by atoms with Crippen molar-refractivity contribution in [1.82, 2.24) is 0 Å². The largest absolute Gasteiger partial charge is 0.513 e. The van der Waals surface area contributed by atoms with Gasteiger partial charge in [-0.15, -0.1) is 0 Å². The van der Waals surface area contributed by atoms with Gasteiger partial charge >= 0.3 is 0 Å². The van der Waals surface area contributed by atoms with Crippen LogP contribution in [-0.2, 0) is 11.3 Å². The molecule has 0 unspecified atom stereocenters. The third kappa shape index (κ3) is 7.47. The van der Waals surface area contributed by atoms with Gasteiger partial charge in [0.05, 0.1) is 18.0 Å². The number of hydrogen-bond donors (Lipinski definition) is 1. The van der Waals surface area contributed by atoms with Crippen LogP contribution < -0.4 is 0 Å². The molecular weight excluding hydrogens is 264 g/mol. The number of allylic oxidation sites excluding steroid dienone is 3. The fourth-order valence-corrected chi connectivity index (χ4v) is 1.77. The van der Waals surface area contributed by atoms with Crippen LogP contribution in [0.25, 0.3) is 0 Å². The number of carbonyl (C=O) groups excluding carboxylic acids is 1. The molecule has 0 aliphatic heterocycles. The highest BCUT2D eigenvalue weighted by Gasteiger charge is 2.13. The first-order chi connectivity index (χ1) is 9.93. The molecule has 114 valence electrons. The highest BCUT2D eigenvalue weighted by molar-refractivity contribution is 5.74. The normalized spacial score (nSPS) is 12.8. The topological polar surface area (TPSA) is 46.5 Å². The first-order valence-corrected chi connectivity index (χ1v) is 7.14. The number of ether oxygens (including phenoxy) is 1. The number of aliphatic hydroxyl groups excluding tert-OH is 1. The quantitative estimate of drug-likeness (QED) is 0.329. The highest BCUT2D eigenvalue weighted by Crippen LogP contribution is 2.15. The van der Waals surface area contributed by atoms with Gasteiger partial charge in [0.2, 0.25) is 0 Å². The number of aldehydes is 1. The van der Waals surface area contributed by atoms with Crippen molar-refractivity contribution in [3.8, 4) is 0 Å². The summed E-state index contributed by atoms with van der Waals surface area (Å²) in [5.41, 5.74) is 1.37. The fourth-order valence-electron chi connectivity index (χ4n) is 1.77. The van der Waals surface area contributed by atoms with Gasteiger partial charge in [-0.1, -0.05) is 36.4 Å². The first-order valence-electron chi connectivity index (χ1n) is 7.14. The van der Waals surface area contributed by atoms with E-state index >= 15 is 0 Å². The van der Waals surface area contributed by atoms with Gasteiger partial charge in [0, 0.05) is 5.56 Å². The number of hydrogen-bond acceptors (Lipinski definition) is 3. The molecule has 0 bridgehead atoms. The lowest BCUT2D eigenvalue weighted by atomic mass is 10.1. The Balaban J connectivity index is 2.42. The summed E-state index contributed by atoms with van der Waals surface area (Å²) in [7, 11) is 0. The van der Waals surface area contributed by atoms with Crippen LogP contribution in [0.5, 0.6) is 0 Å². The monoisotopic (exact) mass is 288 g/mol. The van der Waals surface area contributed by atoms with Crippen LogP contribution in [-0.4, -0.2) is 17.0 Å². The van der Waals surface area contributed by atoms with Gasteiger partial charge in [-0.2, -0.15) is 0 Å². The van der Waals surface area contributed by atoms with Crippen LogP contribution in [0.3, 0.4) is 0 Å². The highest BCUT2D eigenvalue weighted by atomic mass is 16.5. The van der Waals surface area contributed by atoms with Crippen LogP contribution >= 0.6 is 0 Å². The van der Waals surface area contributed by atoms with Gasteiger partial charge in [-0.3, -0.25) is 4.79 Å². The molecule has 0 saturated carbocycles. The summed E-state index contributed by atoms with van der Waals surface area (Å²) in [5, 5.41) is 9.05. The lowest BCUT2D eigenvalue weighted by Crippen LogP contribution is -2.20. The fraction of sp³-hybridized carbons (Fsp3) is 0.389. The van der Waals surface area contributed by atoms with Gasteiger partial charge in [0.1, 0.15) is 6.29 Å². The molecule has 0 atom stereocenters. The standard InChI is InChI=1S/C18H24O3/c1-15(20)7-5-4-6-12-18(2,3)21-14-17-10-8-16(13-19)9-11-17/h6-13,20H,4-5,14H2,1-3H3/b12-6+,15-7+. The summed E-state index contributed by atoms with van der Waals surface area (Å²) in [6, 6.07) is 7.38. The zero-order chi connectivity index (χ0) is 15.7. The summed E-state index contributed by atoms with van der Waals surface area (Å²) < 4.78 is 5.88. The summed E-state index contributed by atoms with van der Waals surface area (Å²) in [5.74, 6) is 0.359. The van der Waals surface area contributed by atoms with E-state index in [1.807, 2.05) is 32.1 Å². The Morgan fingerprint density at radius 1 is 1.24 bits per heavy atom. The van der Waals surface area contributed by atoms with Gasteiger partial charge in [0.25, 0.3) is 0 Å². The van der Waals surface area contributed by atoms with Gasteiger partial charge in [0.15, 0.2) is 0 Å². The van der Waals surface area contributed by atoms with Crippen molar-refractivity contribution in [3.05, 3.63) is 59.4 Å².